The van der Waals surface area contributed by atoms with Gasteiger partial charge < -0.3 is 9.64 Å². The Balaban J connectivity index is 1.78. The van der Waals surface area contributed by atoms with Crippen molar-refractivity contribution in [3.8, 4) is 12.1 Å². The van der Waals surface area contributed by atoms with Crippen LogP contribution < -0.4 is 4.90 Å². The zero-order valence-electron chi connectivity index (χ0n) is 10.7. The molecule has 1 unspecified atom stereocenters. The average molecular weight is 253 g/mol. The first-order chi connectivity index (χ1) is 9.33. The van der Waals surface area contributed by atoms with Crippen LogP contribution in [0.25, 0.3) is 0 Å². The molecule has 2 fully saturated rings. The highest BCUT2D eigenvalue weighted by atomic mass is 16.5. The number of rotatable bonds is 2. The van der Waals surface area contributed by atoms with Crippen LogP contribution in [0, 0.1) is 34.5 Å². The molecule has 2 aliphatic heterocycles. The average Bonchev–Trinajstić information content (AvgIpc) is 2.91. The Labute approximate surface area is 112 Å². The lowest BCUT2D eigenvalue weighted by Crippen LogP contribution is -2.50. The second kappa shape index (κ2) is 4.91. The Morgan fingerprint density at radius 2 is 1.79 bits per heavy atom. The van der Waals surface area contributed by atoms with Crippen LogP contribution in [0.3, 0.4) is 0 Å². The number of hydrogen-bond donors (Lipinski definition) is 0. The van der Waals surface area contributed by atoms with Gasteiger partial charge in [-0.1, -0.05) is 6.07 Å². The SMILES string of the molecule is N#Cc1cccc(C#N)c1N1CC(C2CCOC2)C1. The zero-order valence-corrected chi connectivity index (χ0v) is 10.7. The highest BCUT2D eigenvalue weighted by Gasteiger charge is 2.36. The summed E-state index contributed by atoms with van der Waals surface area (Å²) in [5.74, 6) is 1.29. The quantitative estimate of drug-likeness (QED) is 0.807. The van der Waals surface area contributed by atoms with E-state index in [1.807, 2.05) is 0 Å². The monoisotopic (exact) mass is 253 g/mol. The normalized spacial score (nSPS) is 22.6. The molecule has 1 aromatic carbocycles. The molecule has 0 aromatic heterocycles. The highest BCUT2D eigenvalue weighted by Crippen LogP contribution is 2.36. The van der Waals surface area contributed by atoms with E-state index < -0.39 is 0 Å². The minimum Gasteiger partial charge on any atom is -0.381 e. The molecule has 0 N–H and O–H groups in total. The molecule has 0 radical (unpaired) electrons. The summed E-state index contributed by atoms with van der Waals surface area (Å²) in [7, 11) is 0. The molecular weight excluding hydrogens is 238 g/mol. The van der Waals surface area contributed by atoms with Crippen LogP contribution >= 0.6 is 0 Å². The van der Waals surface area contributed by atoms with Gasteiger partial charge in [-0.25, -0.2) is 0 Å². The van der Waals surface area contributed by atoms with E-state index in [-0.39, 0.29) is 0 Å². The lowest BCUT2D eigenvalue weighted by molar-refractivity contribution is 0.164. The predicted octanol–water partition coefficient (Wildman–Crippen LogP) is 1.90. The maximum atomic E-state index is 9.18. The first-order valence-electron chi connectivity index (χ1n) is 6.59. The van der Waals surface area contributed by atoms with E-state index in [9.17, 15) is 10.5 Å². The van der Waals surface area contributed by atoms with Gasteiger partial charge in [-0.05, 0) is 30.4 Å². The van der Waals surface area contributed by atoms with Crippen molar-refractivity contribution in [1.29, 1.82) is 10.5 Å². The Bertz CT molecular complexity index is 525. The summed E-state index contributed by atoms with van der Waals surface area (Å²) in [4.78, 5) is 2.15. The zero-order chi connectivity index (χ0) is 13.2. The van der Waals surface area contributed by atoms with E-state index in [2.05, 4.69) is 17.0 Å². The summed E-state index contributed by atoms with van der Waals surface area (Å²) < 4.78 is 5.42. The van der Waals surface area contributed by atoms with Gasteiger partial charge in [0.1, 0.15) is 12.1 Å². The van der Waals surface area contributed by atoms with Crippen LogP contribution in [0.5, 0.6) is 0 Å². The lowest BCUT2D eigenvalue weighted by Gasteiger charge is -2.44. The molecule has 1 atom stereocenters. The summed E-state index contributed by atoms with van der Waals surface area (Å²) in [6.45, 7) is 3.60. The van der Waals surface area contributed by atoms with Crippen LogP contribution in [0.1, 0.15) is 17.5 Å². The molecule has 0 amide bonds. The third-order valence-corrected chi connectivity index (χ3v) is 4.13. The fraction of sp³-hybridized carbons (Fsp3) is 0.467. The number of ether oxygens (including phenoxy) is 1. The van der Waals surface area contributed by atoms with Crippen molar-refractivity contribution < 1.29 is 4.74 Å². The Hall–Kier alpha value is -2.04. The molecule has 2 saturated heterocycles. The van der Waals surface area contributed by atoms with E-state index in [1.165, 1.54) is 0 Å². The van der Waals surface area contributed by atoms with Crippen molar-refractivity contribution in [3.63, 3.8) is 0 Å². The number of nitrogens with zero attached hydrogens (tertiary/aromatic N) is 3. The summed E-state index contributed by atoms with van der Waals surface area (Å²) >= 11 is 0. The Morgan fingerprint density at radius 3 is 2.32 bits per heavy atom. The van der Waals surface area contributed by atoms with Crippen LogP contribution in [0.4, 0.5) is 5.69 Å². The van der Waals surface area contributed by atoms with Gasteiger partial charge in [0.2, 0.25) is 0 Å². The fourth-order valence-corrected chi connectivity index (χ4v) is 2.98. The topological polar surface area (TPSA) is 60.0 Å². The van der Waals surface area contributed by atoms with E-state index in [0.29, 0.717) is 23.0 Å². The molecule has 0 bridgehead atoms. The van der Waals surface area contributed by atoms with Crippen molar-refractivity contribution in [1.82, 2.24) is 0 Å². The molecular formula is C15H15N3O. The molecule has 3 rings (SSSR count). The molecule has 96 valence electrons. The number of hydrogen-bond acceptors (Lipinski definition) is 4. The third-order valence-electron chi connectivity index (χ3n) is 4.13. The molecule has 2 aliphatic rings. The molecule has 4 nitrogen and oxygen atoms in total. The second-order valence-electron chi connectivity index (χ2n) is 5.21. The van der Waals surface area contributed by atoms with E-state index >= 15 is 0 Å². The first-order valence-corrected chi connectivity index (χ1v) is 6.59. The molecule has 0 spiro atoms. The first kappa shape index (κ1) is 12.0. The minimum atomic E-state index is 0.597. The van der Waals surface area contributed by atoms with E-state index in [1.54, 1.807) is 18.2 Å². The summed E-state index contributed by atoms with van der Waals surface area (Å²) in [5, 5.41) is 18.4. The van der Waals surface area contributed by atoms with Crippen LogP contribution in [0.15, 0.2) is 18.2 Å². The van der Waals surface area contributed by atoms with Crippen LogP contribution in [-0.4, -0.2) is 26.3 Å². The van der Waals surface area contributed by atoms with Crippen LogP contribution in [0.2, 0.25) is 0 Å². The molecule has 2 heterocycles. The van der Waals surface area contributed by atoms with Gasteiger partial charge in [0.25, 0.3) is 0 Å². The number of para-hydroxylation sites is 1. The highest BCUT2D eigenvalue weighted by molar-refractivity contribution is 5.69. The number of nitriles is 2. The number of benzene rings is 1. The summed E-state index contributed by atoms with van der Waals surface area (Å²) in [5.41, 5.74) is 2.00. The predicted molar refractivity (Wildman–Crippen MR) is 70.5 cm³/mol. The Morgan fingerprint density at radius 1 is 1.11 bits per heavy atom. The maximum Gasteiger partial charge on any atom is 0.101 e. The van der Waals surface area contributed by atoms with Gasteiger partial charge in [-0.15, -0.1) is 0 Å². The molecule has 1 aromatic rings. The van der Waals surface area contributed by atoms with Crippen LogP contribution in [-0.2, 0) is 4.74 Å². The number of anilines is 1. The molecule has 19 heavy (non-hydrogen) atoms. The standard InChI is InChI=1S/C15H15N3O/c16-6-11-2-1-3-12(7-17)15(11)18-8-14(9-18)13-4-5-19-10-13/h1-3,13-14H,4-5,8-10H2. The van der Waals surface area contributed by atoms with Crippen molar-refractivity contribution in [2.45, 2.75) is 6.42 Å². The largest absolute Gasteiger partial charge is 0.381 e. The molecule has 0 saturated carbocycles. The smallest absolute Gasteiger partial charge is 0.101 e. The van der Waals surface area contributed by atoms with Crippen molar-refractivity contribution >= 4 is 5.69 Å². The maximum absolute atomic E-state index is 9.18. The third kappa shape index (κ3) is 2.05. The van der Waals surface area contributed by atoms with Gasteiger partial charge in [0, 0.05) is 26.3 Å². The summed E-state index contributed by atoms with van der Waals surface area (Å²) in [6.07, 6.45) is 1.14. The van der Waals surface area contributed by atoms with E-state index in [4.69, 9.17) is 4.74 Å². The Kier molecular flexibility index (Phi) is 3.11. The van der Waals surface area contributed by atoms with Crippen molar-refractivity contribution in [2.24, 2.45) is 11.8 Å². The van der Waals surface area contributed by atoms with Gasteiger partial charge in [0.05, 0.1) is 16.8 Å². The van der Waals surface area contributed by atoms with Gasteiger partial charge in [-0.3, -0.25) is 0 Å². The van der Waals surface area contributed by atoms with Gasteiger partial charge >= 0.3 is 0 Å². The lowest BCUT2D eigenvalue weighted by atomic mass is 9.84. The molecule has 4 heteroatoms. The van der Waals surface area contributed by atoms with Crippen molar-refractivity contribution in [2.75, 3.05) is 31.2 Å². The summed E-state index contributed by atoms with van der Waals surface area (Å²) in [6, 6.07) is 9.70. The van der Waals surface area contributed by atoms with Gasteiger partial charge in [0.15, 0.2) is 0 Å². The minimum absolute atomic E-state index is 0.597. The molecule has 0 aliphatic carbocycles. The second-order valence-corrected chi connectivity index (χ2v) is 5.21. The van der Waals surface area contributed by atoms with Gasteiger partial charge in [-0.2, -0.15) is 10.5 Å². The van der Waals surface area contributed by atoms with Crippen molar-refractivity contribution in [3.05, 3.63) is 29.3 Å². The fourth-order valence-electron chi connectivity index (χ4n) is 2.98. The van der Waals surface area contributed by atoms with E-state index in [0.717, 1.165) is 38.4 Å².